The van der Waals surface area contributed by atoms with Crippen molar-refractivity contribution in [2.45, 2.75) is 53.0 Å². The average Bonchev–Trinajstić information content (AvgIpc) is 3.04. The molecule has 2 N–H and O–H groups in total. The SMILES string of the molecule is CCNC(=NCc1ncc(C(C)(C)C)o1)NCCc1ccc(C)cc1.I. The molecule has 1 heterocycles. The van der Waals surface area contributed by atoms with E-state index in [0.717, 1.165) is 31.2 Å². The first-order chi connectivity index (χ1) is 11.9. The molecule has 0 saturated heterocycles. The van der Waals surface area contributed by atoms with Crippen molar-refractivity contribution in [3.63, 3.8) is 0 Å². The Hall–Kier alpha value is -1.57. The third-order valence-electron chi connectivity index (χ3n) is 3.84. The van der Waals surface area contributed by atoms with E-state index in [1.807, 2.05) is 0 Å². The summed E-state index contributed by atoms with van der Waals surface area (Å²) in [4.78, 5) is 8.88. The second kappa shape index (κ2) is 10.5. The van der Waals surface area contributed by atoms with Crippen LogP contribution in [0.2, 0.25) is 0 Å². The number of aliphatic imine (C=N–C) groups is 1. The zero-order valence-electron chi connectivity index (χ0n) is 16.4. The van der Waals surface area contributed by atoms with E-state index in [0.29, 0.717) is 12.4 Å². The van der Waals surface area contributed by atoms with Crippen LogP contribution in [0.25, 0.3) is 0 Å². The van der Waals surface area contributed by atoms with Gasteiger partial charge in [-0.05, 0) is 25.8 Å². The Morgan fingerprint density at radius 2 is 1.85 bits per heavy atom. The van der Waals surface area contributed by atoms with Gasteiger partial charge in [0.2, 0.25) is 5.89 Å². The molecule has 0 radical (unpaired) electrons. The fraction of sp³-hybridized carbons (Fsp3) is 0.500. The smallest absolute Gasteiger partial charge is 0.216 e. The number of nitrogens with zero attached hydrogens (tertiary/aromatic N) is 2. The predicted octanol–water partition coefficient (Wildman–Crippen LogP) is 4.20. The van der Waals surface area contributed by atoms with E-state index in [2.05, 4.69) is 79.5 Å². The Kier molecular flexibility index (Phi) is 9.12. The van der Waals surface area contributed by atoms with Gasteiger partial charge < -0.3 is 15.1 Å². The van der Waals surface area contributed by atoms with Gasteiger partial charge in [-0.25, -0.2) is 9.98 Å². The molecule has 0 amide bonds. The Bertz CT molecular complexity index is 687. The summed E-state index contributed by atoms with van der Waals surface area (Å²) in [6.45, 7) is 12.6. The summed E-state index contributed by atoms with van der Waals surface area (Å²) in [7, 11) is 0. The van der Waals surface area contributed by atoms with Crippen LogP contribution in [-0.4, -0.2) is 24.0 Å². The Morgan fingerprint density at radius 1 is 1.15 bits per heavy atom. The number of aromatic nitrogens is 1. The summed E-state index contributed by atoms with van der Waals surface area (Å²) in [5, 5.41) is 6.62. The summed E-state index contributed by atoms with van der Waals surface area (Å²) in [5.74, 6) is 2.31. The molecule has 0 aliphatic carbocycles. The number of nitrogens with one attached hydrogen (secondary N) is 2. The summed E-state index contributed by atoms with van der Waals surface area (Å²) in [6, 6.07) is 8.62. The van der Waals surface area contributed by atoms with Crippen LogP contribution in [0.5, 0.6) is 0 Å². The Balaban J connectivity index is 0.00000338. The zero-order chi connectivity index (χ0) is 18.3. The van der Waals surface area contributed by atoms with Crippen molar-refractivity contribution in [1.82, 2.24) is 15.6 Å². The first-order valence-corrected chi connectivity index (χ1v) is 8.91. The number of hydrogen-bond donors (Lipinski definition) is 2. The molecule has 144 valence electrons. The minimum Gasteiger partial charge on any atom is -0.443 e. The Morgan fingerprint density at radius 3 is 2.42 bits per heavy atom. The van der Waals surface area contributed by atoms with Gasteiger partial charge in [0, 0.05) is 18.5 Å². The molecule has 26 heavy (non-hydrogen) atoms. The van der Waals surface area contributed by atoms with Crippen LogP contribution < -0.4 is 10.6 Å². The van der Waals surface area contributed by atoms with Gasteiger partial charge in [-0.15, -0.1) is 24.0 Å². The highest BCUT2D eigenvalue weighted by atomic mass is 127. The summed E-state index contributed by atoms with van der Waals surface area (Å²) in [5.41, 5.74) is 2.56. The van der Waals surface area contributed by atoms with Crippen LogP contribution in [0.3, 0.4) is 0 Å². The third-order valence-corrected chi connectivity index (χ3v) is 3.84. The minimum absolute atomic E-state index is 0. The second-order valence-electron chi connectivity index (χ2n) is 7.23. The van der Waals surface area contributed by atoms with Gasteiger partial charge in [-0.2, -0.15) is 0 Å². The van der Waals surface area contributed by atoms with Gasteiger partial charge in [-0.1, -0.05) is 50.6 Å². The van der Waals surface area contributed by atoms with Gasteiger partial charge in [-0.3, -0.25) is 0 Å². The van der Waals surface area contributed by atoms with Crippen molar-refractivity contribution in [2.24, 2.45) is 4.99 Å². The van der Waals surface area contributed by atoms with E-state index >= 15 is 0 Å². The maximum Gasteiger partial charge on any atom is 0.216 e. The van der Waals surface area contributed by atoms with E-state index in [1.54, 1.807) is 6.20 Å². The van der Waals surface area contributed by atoms with E-state index < -0.39 is 0 Å². The lowest BCUT2D eigenvalue weighted by Crippen LogP contribution is -2.38. The summed E-state index contributed by atoms with van der Waals surface area (Å²) >= 11 is 0. The van der Waals surface area contributed by atoms with Crippen molar-refractivity contribution in [2.75, 3.05) is 13.1 Å². The molecule has 0 aliphatic heterocycles. The standard InChI is InChI=1S/C20H30N4O.HI/c1-6-21-19(22-12-11-16-9-7-15(2)8-10-16)24-14-18-23-13-17(25-18)20(3,4)5;/h7-10,13H,6,11-12,14H2,1-5H3,(H2,21,22,24);1H. The predicted molar refractivity (Wildman–Crippen MR) is 118 cm³/mol. The first-order valence-electron chi connectivity index (χ1n) is 8.91. The first kappa shape index (κ1) is 22.5. The fourth-order valence-electron chi connectivity index (χ4n) is 2.30. The molecule has 6 heteroatoms. The van der Waals surface area contributed by atoms with Crippen LogP contribution in [0, 0.1) is 6.92 Å². The van der Waals surface area contributed by atoms with E-state index in [4.69, 9.17) is 4.42 Å². The molecule has 2 aromatic rings. The summed E-state index contributed by atoms with van der Waals surface area (Å²) in [6.07, 6.45) is 2.75. The topological polar surface area (TPSA) is 62.5 Å². The molecule has 0 saturated carbocycles. The van der Waals surface area contributed by atoms with E-state index in [9.17, 15) is 0 Å². The zero-order valence-corrected chi connectivity index (χ0v) is 18.8. The number of hydrogen-bond acceptors (Lipinski definition) is 3. The third kappa shape index (κ3) is 7.35. The molecule has 1 aromatic carbocycles. The van der Waals surface area contributed by atoms with E-state index in [-0.39, 0.29) is 29.4 Å². The maximum atomic E-state index is 5.79. The minimum atomic E-state index is -0.0360. The molecule has 0 bridgehead atoms. The molecule has 5 nitrogen and oxygen atoms in total. The number of oxazole rings is 1. The lowest BCUT2D eigenvalue weighted by atomic mass is 9.94. The quantitative estimate of drug-likeness (QED) is 0.378. The molecule has 0 aliphatic rings. The number of rotatable bonds is 6. The number of aryl methyl sites for hydroxylation is 1. The molecule has 0 atom stereocenters. The highest BCUT2D eigenvalue weighted by molar-refractivity contribution is 14.0. The molecular weight excluding hydrogens is 439 g/mol. The molecule has 2 rings (SSSR count). The summed E-state index contributed by atoms with van der Waals surface area (Å²) < 4.78 is 5.79. The van der Waals surface area contributed by atoms with Gasteiger partial charge >= 0.3 is 0 Å². The van der Waals surface area contributed by atoms with Gasteiger partial charge in [0.15, 0.2) is 5.96 Å². The van der Waals surface area contributed by atoms with E-state index in [1.165, 1.54) is 11.1 Å². The van der Waals surface area contributed by atoms with Crippen molar-refractivity contribution < 1.29 is 4.42 Å². The monoisotopic (exact) mass is 470 g/mol. The van der Waals surface area contributed by atoms with Crippen LogP contribution >= 0.6 is 24.0 Å². The lowest BCUT2D eigenvalue weighted by Gasteiger charge is -2.13. The highest BCUT2D eigenvalue weighted by Gasteiger charge is 2.18. The van der Waals surface area contributed by atoms with Crippen LogP contribution in [0.1, 0.15) is 50.5 Å². The van der Waals surface area contributed by atoms with Crippen LogP contribution in [0.4, 0.5) is 0 Å². The van der Waals surface area contributed by atoms with Gasteiger partial charge in [0.05, 0.1) is 6.20 Å². The van der Waals surface area contributed by atoms with Crippen LogP contribution in [-0.2, 0) is 18.4 Å². The maximum absolute atomic E-state index is 5.79. The van der Waals surface area contributed by atoms with Crippen LogP contribution in [0.15, 0.2) is 39.9 Å². The number of guanidine groups is 1. The fourth-order valence-corrected chi connectivity index (χ4v) is 2.30. The number of halogens is 1. The van der Waals surface area contributed by atoms with Crippen molar-refractivity contribution in [3.8, 4) is 0 Å². The Labute approximate surface area is 174 Å². The average molecular weight is 470 g/mol. The molecular formula is C20H31IN4O. The van der Waals surface area contributed by atoms with Crippen molar-refractivity contribution in [1.29, 1.82) is 0 Å². The van der Waals surface area contributed by atoms with Crippen molar-refractivity contribution in [3.05, 3.63) is 53.2 Å². The lowest BCUT2D eigenvalue weighted by molar-refractivity contribution is 0.383. The van der Waals surface area contributed by atoms with Gasteiger partial charge in [0.1, 0.15) is 12.3 Å². The second-order valence-corrected chi connectivity index (χ2v) is 7.23. The van der Waals surface area contributed by atoms with Gasteiger partial charge in [0.25, 0.3) is 0 Å². The molecule has 1 aromatic heterocycles. The highest BCUT2D eigenvalue weighted by Crippen LogP contribution is 2.22. The van der Waals surface area contributed by atoms with Crippen molar-refractivity contribution >= 4 is 29.9 Å². The number of benzene rings is 1. The molecule has 0 fully saturated rings. The molecule has 0 unspecified atom stereocenters. The normalized spacial score (nSPS) is 11.8. The largest absolute Gasteiger partial charge is 0.443 e. The molecule has 0 spiro atoms.